The monoisotopic (exact) mass is 1280 g/mol. The molecule has 0 bridgehead atoms. The second-order valence-electron chi connectivity index (χ2n) is 21.7. The van der Waals surface area contributed by atoms with E-state index in [0.717, 1.165) is 52.3 Å². The van der Waals surface area contributed by atoms with Crippen molar-refractivity contribution >= 4 is 63.8 Å². The van der Waals surface area contributed by atoms with Gasteiger partial charge in [-0.2, -0.15) is 33.7 Å². The third-order valence-electron chi connectivity index (χ3n) is 14.8. The Kier molecular flexibility index (Phi) is 18.9. The summed E-state index contributed by atoms with van der Waals surface area (Å²) in [5.41, 5.74) is -1.75. The molecule has 0 aliphatic rings. The van der Waals surface area contributed by atoms with E-state index in [0.29, 0.717) is 17.5 Å². The van der Waals surface area contributed by atoms with E-state index in [9.17, 15) is 61.5 Å². The first kappa shape index (κ1) is 65.3. The number of hydrogen-bond acceptors (Lipinski definition) is 15. The van der Waals surface area contributed by atoms with Gasteiger partial charge in [-0.25, -0.2) is 0 Å². The highest BCUT2D eigenvalue weighted by Gasteiger charge is 2.35. The zero-order chi connectivity index (χ0) is 63.7. The second kappa shape index (κ2) is 25.2. The predicted octanol–water partition coefficient (Wildman–Crippen LogP) is 14.5. The van der Waals surface area contributed by atoms with Gasteiger partial charge < -0.3 is 18.9 Å². The third kappa shape index (κ3) is 15.5. The molecule has 8 aromatic rings. The van der Waals surface area contributed by atoms with Crippen LogP contribution in [0.3, 0.4) is 0 Å². The molecule has 0 amide bonds. The molecule has 0 heterocycles. The van der Waals surface area contributed by atoms with Crippen molar-refractivity contribution in [1.29, 1.82) is 0 Å². The quantitative estimate of drug-likeness (QED) is 0.0323. The van der Waals surface area contributed by atoms with Crippen LogP contribution in [0.1, 0.15) is 118 Å². The van der Waals surface area contributed by atoms with Gasteiger partial charge in [0, 0.05) is 37.6 Å². The SMILES string of the molecule is CCC(C)(C)Oc1ccc(Sc2ccc(Oc3ccc(C(=O)c4ccc(C(C)(CC)Oc5ccc(-c6ccc(Oc7ccc(C(=O)c8ccc(C(C)(C)CC)c(S(=O)(=O)O)c8)cc7S(=O)(=O)O)cc6)cc5)c(S(=O)(=O)O)c4)cc3S(=O)(=O)O)cc2)cc1. The summed E-state index contributed by atoms with van der Waals surface area (Å²) >= 11 is 1.47. The van der Waals surface area contributed by atoms with E-state index in [1.165, 1.54) is 66.4 Å². The number of ether oxygens (including phenoxy) is 4. The van der Waals surface area contributed by atoms with Gasteiger partial charge >= 0.3 is 0 Å². The molecule has 0 spiro atoms. The van der Waals surface area contributed by atoms with Crippen LogP contribution in [-0.4, -0.2) is 69.0 Å². The van der Waals surface area contributed by atoms with Crippen molar-refractivity contribution in [1.82, 2.24) is 0 Å². The maximum atomic E-state index is 14.0. The summed E-state index contributed by atoms with van der Waals surface area (Å²) in [7, 11) is -19.8. The van der Waals surface area contributed by atoms with Gasteiger partial charge in [0.05, 0.1) is 4.90 Å². The van der Waals surface area contributed by atoms with Crippen LogP contribution in [0.25, 0.3) is 11.1 Å². The summed E-state index contributed by atoms with van der Waals surface area (Å²) in [5.74, 6) is -0.903. The molecule has 0 radical (unpaired) electrons. The molecule has 0 saturated heterocycles. The Morgan fingerprint density at radius 1 is 0.391 bits per heavy atom. The molecule has 0 fully saturated rings. The molecule has 87 heavy (non-hydrogen) atoms. The lowest BCUT2D eigenvalue weighted by Crippen LogP contribution is -2.31. The fourth-order valence-electron chi connectivity index (χ4n) is 9.09. The minimum absolute atomic E-state index is 0.0106. The van der Waals surface area contributed by atoms with E-state index in [2.05, 4.69) is 0 Å². The van der Waals surface area contributed by atoms with Gasteiger partial charge in [-0.05, 0) is 183 Å². The van der Waals surface area contributed by atoms with Crippen LogP contribution < -0.4 is 18.9 Å². The molecule has 0 aliphatic heterocycles. The maximum Gasteiger partial charge on any atom is 0.298 e. The van der Waals surface area contributed by atoms with Crippen LogP contribution in [0.2, 0.25) is 0 Å². The Morgan fingerprint density at radius 3 is 1.10 bits per heavy atom. The van der Waals surface area contributed by atoms with Crippen LogP contribution in [-0.2, 0) is 51.5 Å². The third-order valence-corrected chi connectivity index (χ3v) is 19.4. The number of carbonyl (C=O) groups is 2. The normalized spacial score (nSPS) is 13.1. The zero-order valence-electron chi connectivity index (χ0n) is 48.3. The largest absolute Gasteiger partial charge is 0.488 e. The fourth-order valence-corrected chi connectivity index (χ4v) is 12.9. The molecule has 0 saturated carbocycles. The van der Waals surface area contributed by atoms with Crippen molar-refractivity contribution in [3.05, 3.63) is 203 Å². The average Bonchev–Trinajstić information content (AvgIpc) is 0.935. The fraction of sp³-hybridized carbons (Fsp3) is 0.219. The van der Waals surface area contributed by atoms with Gasteiger partial charge in [0.2, 0.25) is 0 Å². The maximum absolute atomic E-state index is 14.0. The molecule has 8 aromatic carbocycles. The molecular formula is C64H62O18S5. The standard InChI is InChI=1S/C64H62O18S5/c1-9-62(4,5)52-32-16-42(36-56(52)84(67,68)69)60(65)44-18-34-54(58(38-44)86(73,74)75)79-46-20-12-40(13-21-46)41-14-22-49(23-15-41)82-64(8,11-3)53-33-17-43(37-57(53)85(70,71)72)61(66)45-19-35-55(59(39-45)87(76,77)78)80-47-24-28-50(29-25-47)83-51-30-26-48(27-31-51)81-63(6,7)10-2/h12-39H,9-11H2,1-8H3,(H,67,68,69)(H,70,71,72)(H,73,74,75)(H,76,77,78). The Hall–Kier alpha value is -7.71. The second-order valence-corrected chi connectivity index (χ2v) is 28.4. The number of hydrogen-bond donors (Lipinski definition) is 4. The molecule has 0 aromatic heterocycles. The van der Waals surface area contributed by atoms with E-state index in [1.54, 1.807) is 88.4 Å². The molecule has 1 atom stereocenters. The molecule has 18 nitrogen and oxygen atoms in total. The van der Waals surface area contributed by atoms with Crippen molar-refractivity contribution in [2.75, 3.05) is 0 Å². The van der Waals surface area contributed by atoms with Crippen molar-refractivity contribution in [3.63, 3.8) is 0 Å². The van der Waals surface area contributed by atoms with Crippen molar-refractivity contribution < 1.29 is 80.4 Å². The zero-order valence-corrected chi connectivity index (χ0v) is 52.4. The van der Waals surface area contributed by atoms with Crippen LogP contribution in [0.15, 0.2) is 199 Å². The molecule has 456 valence electrons. The highest BCUT2D eigenvalue weighted by molar-refractivity contribution is 7.99. The van der Waals surface area contributed by atoms with E-state index >= 15 is 0 Å². The summed E-state index contributed by atoms with van der Waals surface area (Å²) in [5, 5.41) is 0. The van der Waals surface area contributed by atoms with Crippen molar-refractivity contribution in [2.24, 2.45) is 0 Å². The summed E-state index contributed by atoms with van der Waals surface area (Å²) in [6.07, 6.45) is 1.49. The Labute approximate surface area is 510 Å². The minimum Gasteiger partial charge on any atom is -0.488 e. The van der Waals surface area contributed by atoms with E-state index in [1.807, 2.05) is 52.0 Å². The Morgan fingerprint density at radius 2 is 0.724 bits per heavy atom. The Bertz CT molecular complexity index is 4390. The number of carbonyl (C=O) groups excluding carboxylic acids is 2. The van der Waals surface area contributed by atoms with Gasteiger partial charge in [0.25, 0.3) is 40.5 Å². The van der Waals surface area contributed by atoms with Crippen LogP contribution in [0.5, 0.6) is 34.5 Å². The van der Waals surface area contributed by atoms with Crippen LogP contribution in [0.4, 0.5) is 0 Å². The lowest BCUT2D eigenvalue weighted by Gasteiger charge is -2.31. The molecule has 8 rings (SSSR count). The molecule has 23 heteroatoms. The van der Waals surface area contributed by atoms with Crippen molar-refractivity contribution in [3.8, 4) is 45.6 Å². The predicted molar refractivity (Wildman–Crippen MR) is 328 cm³/mol. The number of benzene rings is 8. The van der Waals surface area contributed by atoms with E-state index in [-0.39, 0.29) is 74.2 Å². The van der Waals surface area contributed by atoms with E-state index in [4.69, 9.17) is 18.9 Å². The topological polar surface area (TPSA) is 289 Å². The lowest BCUT2D eigenvalue weighted by atomic mass is 9.81. The molecule has 4 N–H and O–H groups in total. The van der Waals surface area contributed by atoms with E-state index < -0.39 is 82.6 Å². The first-order valence-electron chi connectivity index (χ1n) is 27.0. The molecule has 1 unspecified atom stereocenters. The number of rotatable bonds is 24. The molecular weight excluding hydrogens is 1220 g/mol. The first-order valence-corrected chi connectivity index (χ1v) is 33.6. The van der Waals surface area contributed by atoms with Crippen LogP contribution >= 0.6 is 11.8 Å². The van der Waals surface area contributed by atoms with Crippen molar-refractivity contribution in [2.45, 2.75) is 121 Å². The smallest absolute Gasteiger partial charge is 0.298 e. The highest BCUT2D eigenvalue weighted by atomic mass is 32.2. The van der Waals surface area contributed by atoms with Gasteiger partial charge in [-0.1, -0.05) is 94.9 Å². The van der Waals surface area contributed by atoms with Gasteiger partial charge in [-0.3, -0.25) is 27.8 Å². The minimum atomic E-state index is -5.05. The Balaban J connectivity index is 0.954. The van der Waals surface area contributed by atoms with Crippen LogP contribution in [0, 0.1) is 0 Å². The lowest BCUT2D eigenvalue weighted by molar-refractivity contribution is 0.0792. The summed E-state index contributed by atoms with van der Waals surface area (Å²) in [6.45, 7) is 14.8. The van der Waals surface area contributed by atoms with Gasteiger partial charge in [0.15, 0.2) is 11.6 Å². The first-order chi connectivity index (χ1) is 40.6. The summed E-state index contributed by atoms with van der Waals surface area (Å²) in [4.78, 5) is 26.8. The summed E-state index contributed by atoms with van der Waals surface area (Å²) in [6, 6.07) is 41.4. The number of ketones is 2. The average molecular weight is 1280 g/mol. The van der Waals surface area contributed by atoms with Gasteiger partial charge in [-0.15, -0.1) is 0 Å². The summed E-state index contributed by atoms with van der Waals surface area (Å²) < 4.78 is 167. The highest BCUT2D eigenvalue weighted by Crippen LogP contribution is 2.40. The molecule has 0 aliphatic carbocycles. The van der Waals surface area contributed by atoms with Gasteiger partial charge in [0.1, 0.15) is 60.4 Å².